The van der Waals surface area contributed by atoms with Gasteiger partial charge < -0.3 is 5.32 Å². The second-order valence-electron chi connectivity index (χ2n) is 5.08. The van der Waals surface area contributed by atoms with E-state index in [1.807, 2.05) is 24.4 Å². The minimum Gasteiger partial charge on any atom is -0.369 e. The number of nitrogens with one attached hydrogen (secondary N) is 1. The fourth-order valence-corrected chi connectivity index (χ4v) is 3.86. The lowest BCUT2D eigenvalue weighted by Crippen LogP contribution is -2.13. The summed E-state index contributed by atoms with van der Waals surface area (Å²) in [6.07, 6.45) is -2.82. The van der Waals surface area contributed by atoms with E-state index >= 15 is 0 Å². The van der Waals surface area contributed by atoms with Gasteiger partial charge in [-0.15, -0.1) is 22.7 Å². The minimum atomic E-state index is -4.54. The predicted octanol–water partition coefficient (Wildman–Crippen LogP) is 5.12. The highest BCUT2D eigenvalue weighted by Crippen LogP contribution is 2.33. The van der Waals surface area contributed by atoms with E-state index in [0.29, 0.717) is 16.8 Å². The van der Waals surface area contributed by atoms with Crippen LogP contribution < -0.4 is 5.32 Å². The molecule has 0 spiro atoms. The molecular formula is C15H14F3N3S2. The van der Waals surface area contributed by atoms with Gasteiger partial charge >= 0.3 is 6.18 Å². The van der Waals surface area contributed by atoms with Crippen LogP contribution in [-0.4, -0.2) is 16.5 Å². The Hall–Kier alpha value is -1.67. The number of aromatic nitrogens is 2. The maximum atomic E-state index is 12.9. The Bertz CT molecular complexity index is 794. The summed E-state index contributed by atoms with van der Waals surface area (Å²) in [7, 11) is 0. The normalized spacial score (nSPS) is 12.0. The maximum Gasteiger partial charge on any atom is 0.451 e. The van der Waals surface area contributed by atoms with E-state index in [9.17, 15) is 13.2 Å². The van der Waals surface area contributed by atoms with Crippen LogP contribution in [0.2, 0.25) is 0 Å². The number of thiophene rings is 2. The highest BCUT2D eigenvalue weighted by Gasteiger charge is 2.35. The van der Waals surface area contributed by atoms with Crippen LogP contribution in [0.3, 0.4) is 0 Å². The molecule has 23 heavy (non-hydrogen) atoms. The van der Waals surface area contributed by atoms with Crippen LogP contribution in [0, 0.1) is 6.92 Å². The zero-order chi connectivity index (χ0) is 16.4. The Labute approximate surface area is 139 Å². The summed E-state index contributed by atoms with van der Waals surface area (Å²) in [4.78, 5) is 9.87. The van der Waals surface area contributed by atoms with Gasteiger partial charge in [0.1, 0.15) is 10.6 Å². The van der Waals surface area contributed by atoms with Crippen molar-refractivity contribution in [1.29, 1.82) is 0 Å². The van der Waals surface area contributed by atoms with Gasteiger partial charge in [0.15, 0.2) is 0 Å². The second kappa shape index (κ2) is 6.45. The number of hydrogen-bond donors (Lipinski definition) is 1. The fourth-order valence-electron chi connectivity index (χ4n) is 2.23. The van der Waals surface area contributed by atoms with Gasteiger partial charge in [-0.05, 0) is 37.3 Å². The van der Waals surface area contributed by atoms with Crippen molar-refractivity contribution < 1.29 is 13.2 Å². The lowest BCUT2D eigenvalue weighted by Gasteiger charge is -2.10. The predicted molar refractivity (Wildman–Crippen MR) is 88.3 cm³/mol. The summed E-state index contributed by atoms with van der Waals surface area (Å²) in [5, 5.41) is 5.70. The second-order valence-corrected chi connectivity index (χ2v) is 7.35. The minimum absolute atomic E-state index is 0.262. The van der Waals surface area contributed by atoms with Crippen LogP contribution >= 0.6 is 22.7 Å². The van der Waals surface area contributed by atoms with Crippen LogP contribution in [0.15, 0.2) is 23.6 Å². The topological polar surface area (TPSA) is 37.8 Å². The standard InChI is InChI=1S/C15H14F3N3S2/c1-9-8-11-12(19-6-2-4-10-5-3-7-22-10)20-14(15(16,17)18)21-13(11)23-9/h3,5,7-8H,2,4,6H2,1H3,(H,19,20,21). The van der Waals surface area contributed by atoms with Crippen LogP contribution in [0.1, 0.15) is 22.0 Å². The first-order chi connectivity index (χ1) is 10.9. The summed E-state index contributed by atoms with van der Waals surface area (Å²) in [6.45, 7) is 2.41. The number of rotatable bonds is 5. The average Bonchev–Trinajstić information content (AvgIpc) is 3.10. The van der Waals surface area contributed by atoms with Gasteiger partial charge in [-0.25, -0.2) is 9.97 Å². The molecule has 0 saturated heterocycles. The van der Waals surface area contributed by atoms with Crippen molar-refractivity contribution in [3.05, 3.63) is 39.2 Å². The van der Waals surface area contributed by atoms with E-state index in [1.54, 1.807) is 11.3 Å². The molecule has 0 aliphatic heterocycles. The number of aryl methyl sites for hydroxylation is 2. The van der Waals surface area contributed by atoms with E-state index < -0.39 is 12.0 Å². The number of alkyl halides is 3. The van der Waals surface area contributed by atoms with Gasteiger partial charge in [0.05, 0.1) is 5.39 Å². The third-order valence-corrected chi connectivity index (χ3v) is 5.12. The zero-order valence-electron chi connectivity index (χ0n) is 12.3. The molecule has 0 saturated carbocycles. The van der Waals surface area contributed by atoms with Gasteiger partial charge in [0.2, 0.25) is 5.82 Å². The van der Waals surface area contributed by atoms with Crippen molar-refractivity contribution in [2.45, 2.75) is 25.9 Å². The van der Waals surface area contributed by atoms with E-state index in [4.69, 9.17) is 0 Å². The summed E-state index contributed by atoms with van der Waals surface area (Å²) in [5.74, 6) is -0.828. The molecule has 0 bridgehead atoms. The summed E-state index contributed by atoms with van der Waals surface area (Å²) >= 11 is 2.92. The number of anilines is 1. The quantitative estimate of drug-likeness (QED) is 0.644. The molecule has 3 aromatic heterocycles. The summed E-state index contributed by atoms with van der Waals surface area (Å²) in [5.41, 5.74) is 0. The molecule has 0 aliphatic carbocycles. The van der Waals surface area contributed by atoms with Crippen molar-refractivity contribution in [2.75, 3.05) is 11.9 Å². The molecule has 0 fully saturated rings. The largest absolute Gasteiger partial charge is 0.451 e. The van der Waals surface area contributed by atoms with Crippen LogP contribution in [0.25, 0.3) is 10.2 Å². The van der Waals surface area contributed by atoms with E-state index in [-0.39, 0.29) is 5.82 Å². The van der Waals surface area contributed by atoms with Crippen molar-refractivity contribution in [3.63, 3.8) is 0 Å². The molecule has 0 amide bonds. The first-order valence-electron chi connectivity index (χ1n) is 7.05. The molecule has 0 unspecified atom stereocenters. The molecule has 3 nitrogen and oxygen atoms in total. The van der Waals surface area contributed by atoms with Crippen molar-refractivity contribution >= 4 is 38.7 Å². The smallest absolute Gasteiger partial charge is 0.369 e. The van der Waals surface area contributed by atoms with Gasteiger partial charge in [-0.3, -0.25) is 0 Å². The van der Waals surface area contributed by atoms with Gasteiger partial charge in [0.25, 0.3) is 0 Å². The molecule has 0 aliphatic rings. The molecule has 8 heteroatoms. The Morgan fingerprint density at radius 1 is 1.26 bits per heavy atom. The van der Waals surface area contributed by atoms with E-state index in [1.165, 1.54) is 16.2 Å². The van der Waals surface area contributed by atoms with Crippen molar-refractivity contribution in [2.24, 2.45) is 0 Å². The molecule has 122 valence electrons. The summed E-state index contributed by atoms with van der Waals surface area (Å²) < 4.78 is 38.8. The zero-order valence-corrected chi connectivity index (χ0v) is 13.9. The number of fused-ring (bicyclic) bond motifs is 1. The highest BCUT2D eigenvalue weighted by atomic mass is 32.1. The molecule has 3 heterocycles. The SMILES string of the molecule is Cc1cc2c(NCCCc3cccs3)nc(C(F)(F)F)nc2s1. The summed E-state index contributed by atoms with van der Waals surface area (Å²) in [6, 6.07) is 5.87. The van der Waals surface area contributed by atoms with Gasteiger partial charge in [0, 0.05) is 16.3 Å². The first kappa shape index (κ1) is 16.2. The Kier molecular flexibility index (Phi) is 4.54. The van der Waals surface area contributed by atoms with Crippen LogP contribution in [-0.2, 0) is 12.6 Å². The van der Waals surface area contributed by atoms with Crippen LogP contribution in [0.4, 0.5) is 19.0 Å². The molecule has 0 radical (unpaired) electrons. The maximum absolute atomic E-state index is 12.9. The van der Waals surface area contributed by atoms with Gasteiger partial charge in [-0.1, -0.05) is 6.07 Å². The Balaban J connectivity index is 1.78. The molecule has 3 aromatic rings. The number of nitrogens with zero attached hydrogens (tertiary/aromatic N) is 2. The van der Waals surface area contributed by atoms with Crippen molar-refractivity contribution in [1.82, 2.24) is 9.97 Å². The van der Waals surface area contributed by atoms with E-state index in [0.717, 1.165) is 17.7 Å². The first-order valence-corrected chi connectivity index (χ1v) is 8.75. The fraction of sp³-hybridized carbons (Fsp3) is 0.333. The number of halogens is 3. The third-order valence-electron chi connectivity index (χ3n) is 3.24. The monoisotopic (exact) mass is 357 g/mol. The molecule has 1 N–H and O–H groups in total. The Morgan fingerprint density at radius 2 is 2.09 bits per heavy atom. The van der Waals surface area contributed by atoms with Crippen molar-refractivity contribution in [3.8, 4) is 0 Å². The average molecular weight is 357 g/mol. The van der Waals surface area contributed by atoms with E-state index in [2.05, 4.69) is 21.4 Å². The lowest BCUT2D eigenvalue weighted by atomic mass is 10.2. The molecule has 3 rings (SSSR count). The Morgan fingerprint density at radius 3 is 2.78 bits per heavy atom. The van der Waals surface area contributed by atoms with Gasteiger partial charge in [-0.2, -0.15) is 13.2 Å². The molecule has 0 atom stereocenters. The lowest BCUT2D eigenvalue weighted by molar-refractivity contribution is -0.144. The molecular weight excluding hydrogens is 343 g/mol. The third kappa shape index (κ3) is 3.81. The number of hydrogen-bond acceptors (Lipinski definition) is 5. The van der Waals surface area contributed by atoms with Crippen LogP contribution in [0.5, 0.6) is 0 Å². The highest BCUT2D eigenvalue weighted by molar-refractivity contribution is 7.18. The molecule has 0 aromatic carbocycles.